The van der Waals surface area contributed by atoms with Gasteiger partial charge in [0.15, 0.2) is 0 Å². The molecule has 0 aliphatic carbocycles. The number of carbonyl (C=O) groups is 2. The van der Waals surface area contributed by atoms with Gasteiger partial charge in [0.25, 0.3) is 0 Å². The third kappa shape index (κ3) is 12.6. The summed E-state index contributed by atoms with van der Waals surface area (Å²) in [7, 11) is 4.75. The van der Waals surface area contributed by atoms with Gasteiger partial charge in [0.1, 0.15) is 0 Å². The molecule has 0 aromatic heterocycles. The second-order valence-corrected chi connectivity index (χ2v) is 5.05. The molecule has 0 bridgehead atoms. The van der Waals surface area contributed by atoms with E-state index in [1.54, 1.807) is 0 Å². The molecule has 0 aliphatic rings. The highest BCUT2D eigenvalue weighted by Gasteiger charge is 2.08. The lowest BCUT2D eigenvalue weighted by Gasteiger charge is -2.21. The molecule has 0 aliphatic heterocycles. The number of esters is 2. The molecule has 22 heavy (non-hydrogen) atoms. The molecule has 0 aromatic carbocycles. The molecule has 0 saturated carbocycles. The normalized spacial score (nSPS) is 10.7. The summed E-state index contributed by atoms with van der Waals surface area (Å²) in [4.78, 5) is 24.5. The summed E-state index contributed by atoms with van der Waals surface area (Å²) in [6.07, 6.45) is 2.84. The van der Waals surface area contributed by atoms with Crippen LogP contribution in [0, 0.1) is 0 Å². The third-order valence-corrected chi connectivity index (χ3v) is 3.32. The first kappa shape index (κ1) is 20.8. The minimum atomic E-state index is -0.195. The fourth-order valence-electron chi connectivity index (χ4n) is 2.01. The van der Waals surface area contributed by atoms with Crippen LogP contribution in [0.25, 0.3) is 0 Å². The Balaban J connectivity index is 3.81. The van der Waals surface area contributed by atoms with Crippen molar-refractivity contribution < 1.29 is 19.1 Å². The SMILES string of the molecule is CNCCCN(CCCNCCC(=O)OC)CCC(=O)OC. The van der Waals surface area contributed by atoms with Crippen LogP contribution < -0.4 is 10.6 Å². The summed E-state index contributed by atoms with van der Waals surface area (Å²) in [6, 6.07) is 0. The second kappa shape index (κ2) is 14.7. The van der Waals surface area contributed by atoms with Crippen LogP contribution in [0.3, 0.4) is 0 Å². The minimum absolute atomic E-state index is 0.171. The summed E-state index contributed by atoms with van der Waals surface area (Å²) in [5.74, 6) is -0.367. The highest BCUT2D eigenvalue weighted by molar-refractivity contribution is 5.69. The van der Waals surface area contributed by atoms with Gasteiger partial charge in [0, 0.05) is 13.1 Å². The largest absolute Gasteiger partial charge is 0.469 e. The van der Waals surface area contributed by atoms with E-state index >= 15 is 0 Å². The number of nitrogens with one attached hydrogen (secondary N) is 2. The number of methoxy groups -OCH3 is 2. The van der Waals surface area contributed by atoms with Gasteiger partial charge in [0.2, 0.25) is 0 Å². The van der Waals surface area contributed by atoms with E-state index in [0.29, 0.717) is 19.4 Å². The Morgan fingerprint density at radius 1 is 0.864 bits per heavy atom. The predicted molar refractivity (Wildman–Crippen MR) is 85.7 cm³/mol. The molecule has 0 unspecified atom stereocenters. The van der Waals surface area contributed by atoms with Gasteiger partial charge in [-0.05, 0) is 46.1 Å². The Hall–Kier alpha value is -1.18. The van der Waals surface area contributed by atoms with Gasteiger partial charge in [-0.2, -0.15) is 0 Å². The van der Waals surface area contributed by atoms with Crippen molar-refractivity contribution in [2.24, 2.45) is 0 Å². The highest BCUT2D eigenvalue weighted by atomic mass is 16.5. The summed E-state index contributed by atoms with van der Waals surface area (Å²) in [6.45, 7) is 5.04. The van der Waals surface area contributed by atoms with Crippen LogP contribution in [-0.2, 0) is 19.1 Å². The molecule has 7 nitrogen and oxygen atoms in total. The Morgan fingerprint density at radius 2 is 1.45 bits per heavy atom. The van der Waals surface area contributed by atoms with Gasteiger partial charge >= 0.3 is 11.9 Å². The van der Waals surface area contributed by atoms with Crippen LogP contribution in [0.4, 0.5) is 0 Å². The molecule has 0 atom stereocenters. The summed E-state index contributed by atoms with van der Waals surface area (Å²) < 4.78 is 9.26. The first-order valence-electron chi connectivity index (χ1n) is 7.85. The van der Waals surface area contributed by atoms with Crippen molar-refractivity contribution in [3.05, 3.63) is 0 Å². The van der Waals surface area contributed by atoms with Crippen molar-refractivity contribution >= 4 is 11.9 Å². The molecule has 0 heterocycles. The van der Waals surface area contributed by atoms with Crippen LogP contribution in [0.5, 0.6) is 0 Å². The smallest absolute Gasteiger partial charge is 0.306 e. The lowest BCUT2D eigenvalue weighted by atomic mass is 10.3. The van der Waals surface area contributed by atoms with Gasteiger partial charge in [-0.25, -0.2) is 0 Å². The van der Waals surface area contributed by atoms with Crippen LogP contribution in [0.2, 0.25) is 0 Å². The average molecular weight is 317 g/mol. The first-order valence-corrected chi connectivity index (χ1v) is 7.85. The lowest BCUT2D eigenvalue weighted by Crippen LogP contribution is -2.32. The Labute approximate surface area is 133 Å². The van der Waals surface area contributed by atoms with Crippen molar-refractivity contribution in [3.63, 3.8) is 0 Å². The van der Waals surface area contributed by atoms with Crippen molar-refractivity contribution in [2.45, 2.75) is 25.7 Å². The fraction of sp³-hybridized carbons (Fsp3) is 0.867. The Bertz CT molecular complexity index is 301. The maximum Gasteiger partial charge on any atom is 0.306 e. The molecular weight excluding hydrogens is 286 g/mol. The summed E-state index contributed by atoms with van der Waals surface area (Å²) in [5.41, 5.74) is 0. The van der Waals surface area contributed by atoms with Gasteiger partial charge in [-0.3, -0.25) is 9.59 Å². The average Bonchev–Trinajstić information content (AvgIpc) is 2.54. The van der Waals surface area contributed by atoms with Crippen LogP contribution in [0.1, 0.15) is 25.7 Å². The molecule has 0 amide bonds. The maximum atomic E-state index is 11.2. The quantitative estimate of drug-likeness (QED) is 0.345. The topological polar surface area (TPSA) is 79.9 Å². The summed E-state index contributed by atoms with van der Waals surface area (Å²) >= 11 is 0. The molecule has 0 saturated heterocycles. The lowest BCUT2D eigenvalue weighted by molar-refractivity contribution is -0.141. The van der Waals surface area contributed by atoms with Crippen molar-refractivity contribution in [1.82, 2.24) is 15.5 Å². The zero-order valence-corrected chi connectivity index (χ0v) is 14.2. The molecule has 0 spiro atoms. The number of ether oxygens (including phenoxy) is 2. The highest BCUT2D eigenvalue weighted by Crippen LogP contribution is 1.97. The minimum Gasteiger partial charge on any atom is -0.469 e. The molecule has 0 radical (unpaired) electrons. The maximum absolute atomic E-state index is 11.2. The van der Waals surface area contributed by atoms with Crippen molar-refractivity contribution in [1.29, 1.82) is 0 Å². The fourth-order valence-corrected chi connectivity index (χ4v) is 2.01. The summed E-state index contributed by atoms with van der Waals surface area (Å²) in [5, 5.41) is 6.34. The molecular formula is C15H31N3O4. The van der Waals surface area contributed by atoms with Gasteiger partial charge in [-0.1, -0.05) is 0 Å². The van der Waals surface area contributed by atoms with Gasteiger partial charge < -0.3 is 25.0 Å². The molecule has 0 aromatic rings. The van der Waals surface area contributed by atoms with E-state index in [-0.39, 0.29) is 11.9 Å². The number of carbonyl (C=O) groups excluding carboxylic acids is 2. The van der Waals surface area contributed by atoms with Crippen molar-refractivity contribution in [2.75, 3.05) is 60.5 Å². The van der Waals surface area contributed by atoms with E-state index < -0.39 is 0 Å². The molecule has 0 rings (SSSR count). The standard InChI is InChI=1S/C15H31N3O4/c1-16-8-4-11-18(13-7-15(20)22-3)12-5-9-17-10-6-14(19)21-2/h16-17H,4-13H2,1-3H3. The first-order chi connectivity index (χ1) is 10.6. The second-order valence-electron chi connectivity index (χ2n) is 5.05. The van der Waals surface area contributed by atoms with E-state index in [4.69, 9.17) is 0 Å². The number of rotatable bonds is 14. The molecule has 130 valence electrons. The Morgan fingerprint density at radius 3 is 2.05 bits per heavy atom. The molecule has 0 fully saturated rings. The van der Waals surface area contributed by atoms with E-state index in [0.717, 1.165) is 45.6 Å². The van der Waals surface area contributed by atoms with E-state index in [9.17, 15) is 9.59 Å². The number of hydrogen-bond acceptors (Lipinski definition) is 7. The monoisotopic (exact) mass is 317 g/mol. The Kier molecular flexibility index (Phi) is 14.0. The van der Waals surface area contributed by atoms with Crippen molar-refractivity contribution in [3.8, 4) is 0 Å². The van der Waals surface area contributed by atoms with E-state index in [2.05, 4.69) is 25.0 Å². The number of hydrogen-bond donors (Lipinski definition) is 2. The van der Waals surface area contributed by atoms with E-state index in [1.807, 2.05) is 7.05 Å². The number of nitrogens with zero attached hydrogens (tertiary/aromatic N) is 1. The zero-order valence-electron chi connectivity index (χ0n) is 14.2. The zero-order chi connectivity index (χ0) is 16.6. The van der Waals surface area contributed by atoms with Crippen LogP contribution >= 0.6 is 0 Å². The molecule has 7 heteroatoms. The molecule has 2 N–H and O–H groups in total. The van der Waals surface area contributed by atoms with Gasteiger partial charge in [-0.15, -0.1) is 0 Å². The van der Waals surface area contributed by atoms with Gasteiger partial charge in [0.05, 0.1) is 27.1 Å². The predicted octanol–water partition coefficient (Wildman–Crippen LogP) is 0.00380. The van der Waals surface area contributed by atoms with Crippen LogP contribution in [-0.4, -0.2) is 77.4 Å². The van der Waals surface area contributed by atoms with E-state index in [1.165, 1.54) is 14.2 Å². The van der Waals surface area contributed by atoms with Crippen LogP contribution in [0.15, 0.2) is 0 Å². The third-order valence-electron chi connectivity index (χ3n) is 3.32.